The lowest BCUT2D eigenvalue weighted by Crippen LogP contribution is -2.10. The second-order valence-corrected chi connectivity index (χ2v) is 1.61. The minimum atomic E-state index is -1.26. The molecule has 0 aromatic heterocycles. The van der Waals surface area contributed by atoms with Crippen LogP contribution in [-0.4, -0.2) is 39.8 Å². The highest BCUT2D eigenvalue weighted by Gasteiger charge is 1.88. The number of carbonyl (C=O) groups is 3. The summed E-state index contributed by atoms with van der Waals surface area (Å²) in [5, 5.41) is 23.2. The molecule has 0 aliphatic heterocycles. The highest BCUT2D eigenvalue weighted by atomic mass is 16.4. The van der Waals surface area contributed by atoms with Gasteiger partial charge in [-0.15, -0.1) is 0 Å². The molecule has 0 fully saturated rings. The number of carboxylic acid groups (broad SMARTS) is 3. The molecule has 0 aromatic carbocycles. The minimum absolute atomic E-state index is 0.278. The van der Waals surface area contributed by atoms with Crippen LogP contribution in [0.1, 0.15) is 0 Å². The third kappa shape index (κ3) is 25.5. The fourth-order valence-corrected chi connectivity index (χ4v) is 0.143. The van der Waals surface area contributed by atoms with E-state index in [9.17, 15) is 14.4 Å². The SMILES string of the molecule is NCC(=O)O.O=C(O)C=CC(=O)O. The van der Waals surface area contributed by atoms with Crippen LogP contribution < -0.4 is 5.73 Å². The van der Waals surface area contributed by atoms with E-state index in [4.69, 9.17) is 15.3 Å². The largest absolute Gasteiger partial charge is 0.480 e. The van der Waals surface area contributed by atoms with Gasteiger partial charge in [0.05, 0.1) is 6.54 Å². The van der Waals surface area contributed by atoms with Crippen LogP contribution in [0.5, 0.6) is 0 Å². The summed E-state index contributed by atoms with van der Waals surface area (Å²) in [6.45, 7) is -0.278. The van der Waals surface area contributed by atoms with Gasteiger partial charge in [0.25, 0.3) is 0 Å². The fraction of sp³-hybridized carbons (Fsp3) is 0.167. The second-order valence-electron chi connectivity index (χ2n) is 1.61. The Hall–Kier alpha value is -1.89. The van der Waals surface area contributed by atoms with Crippen LogP contribution in [0.3, 0.4) is 0 Å². The third-order valence-electron chi connectivity index (χ3n) is 0.543. The lowest BCUT2D eigenvalue weighted by Gasteiger charge is -1.74. The number of hydrogen-bond acceptors (Lipinski definition) is 4. The van der Waals surface area contributed by atoms with Gasteiger partial charge in [0.2, 0.25) is 0 Å². The maximum atomic E-state index is 9.55. The molecular formula is C6H9NO6. The van der Waals surface area contributed by atoms with Gasteiger partial charge in [-0.1, -0.05) is 0 Å². The Morgan fingerprint density at radius 2 is 1.23 bits per heavy atom. The van der Waals surface area contributed by atoms with E-state index >= 15 is 0 Å². The van der Waals surface area contributed by atoms with E-state index in [0.717, 1.165) is 0 Å². The van der Waals surface area contributed by atoms with E-state index in [0.29, 0.717) is 12.2 Å². The van der Waals surface area contributed by atoms with Crippen molar-refractivity contribution in [1.82, 2.24) is 0 Å². The molecule has 0 bridgehead atoms. The van der Waals surface area contributed by atoms with Crippen LogP contribution in [0.4, 0.5) is 0 Å². The van der Waals surface area contributed by atoms with Gasteiger partial charge in [0.15, 0.2) is 0 Å². The van der Waals surface area contributed by atoms with E-state index < -0.39 is 17.9 Å². The summed E-state index contributed by atoms with van der Waals surface area (Å²) in [5.41, 5.74) is 4.57. The Morgan fingerprint density at radius 3 is 1.31 bits per heavy atom. The molecule has 0 rings (SSSR count). The van der Waals surface area contributed by atoms with Gasteiger partial charge in [0, 0.05) is 12.2 Å². The first kappa shape index (κ1) is 13.7. The molecular weight excluding hydrogens is 182 g/mol. The van der Waals surface area contributed by atoms with Gasteiger partial charge >= 0.3 is 17.9 Å². The van der Waals surface area contributed by atoms with Crippen molar-refractivity contribution in [3.63, 3.8) is 0 Å². The molecule has 13 heavy (non-hydrogen) atoms. The molecule has 0 saturated heterocycles. The summed E-state index contributed by atoms with van der Waals surface area (Å²) < 4.78 is 0. The Labute approximate surface area is 73.1 Å². The number of rotatable bonds is 3. The van der Waals surface area contributed by atoms with Crippen molar-refractivity contribution in [3.8, 4) is 0 Å². The van der Waals surface area contributed by atoms with E-state index in [1.165, 1.54) is 0 Å². The first-order valence-electron chi connectivity index (χ1n) is 2.96. The highest BCUT2D eigenvalue weighted by molar-refractivity contribution is 5.89. The first-order chi connectivity index (χ1) is 5.90. The van der Waals surface area contributed by atoms with Crippen LogP contribution in [0.15, 0.2) is 12.2 Å². The Kier molecular flexibility index (Phi) is 8.64. The van der Waals surface area contributed by atoms with Crippen molar-refractivity contribution < 1.29 is 29.7 Å². The molecule has 0 atom stereocenters. The van der Waals surface area contributed by atoms with Crippen molar-refractivity contribution in [2.75, 3.05) is 6.54 Å². The zero-order valence-electron chi connectivity index (χ0n) is 6.51. The van der Waals surface area contributed by atoms with Crippen molar-refractivity contribution in [3.05, 3.63) is 12.2 Å². The second kappa shape index (κ2) is 8.21. The first-order valence-corrected chi connectivity index (χ1v) is 2.96. The van der Waals surface area contributed by atoms with Crippen molar-refractivity contribution >= 4 is 17.9 Å². The number of aliphatic carboxylic acids is 3. The molecule has 0 aliphatic carbocycles. The van der Waals surface area contributed by atoms with Crippen LogP contribution in [0, 0.1) is 0 Å². The number of carboxylic acids is 3. The quantitative estimate of drug-likeness (QED) is 0.408. The number of nitrogens with two attached hydrogens (primary N) is 1. The summed E-state index contributed by atoms with van der Waals surface area (Å²) in [6.07, 6.45) is 1.12. The van der Waals surface area contributed by atoms with Gasteiger partial charge in [0.1, 0.15) is 0 Å². The van der Waals surface area contributed by atoms with E-state index in [1.54, 1.807) is 0 Å². The molecule has 0 heterocycles. The lowest BCUT2D eigenvalue weighted by molar-refractivity contribution is -0.135. The molecule has 74 valence electrons. The topological polar surface area (TPSA) is 138 Å². The molecule has 0 aliphatic rings. The predicted octanol–water partition coefficient (Wildman–Crippen LogP) is -1.26. The Bertz CT molecular complexity index is 205. The molecule has 5 N–H and O–H groups in total. The summed E-state index contributed by atoms with van der Waals surface area (Å²) >= 11 is 0. The monoisotopic (exact) mass is 191 g/mol. The molecule has 7 heteroatoms. The van der Waals surface area contributed by atoms with Crippen LogP contribution in [-0.2, 0) is 14.4 Å². The summed E-state index contributed by atoms with van der Waals surface area (Å²) in [4.78, 5) is 28.4. The van der Waals surface area contributed by atoms with E-state index in [1.807, 2.05) is 0 Å². The molecule has 0 radical (unpaired) electrons. The van der Waals surface area contributed by atoms with Crippen LogP contribution in [0.25, 0.3) is 0 Å². The van der Waals surface area contributed by atoms with Gasteiger partial charge in [-0.05, 0) is 0 Å². The number of hydrogen-bond donors (Lipinski definition) is 4. The molecule has 0 unspecified atom stereocenters. The molecule has 0 aromatic rings. The van der Waals surface area contributed by atoms with Gasteiger partial charge < -0.3 is 21.1 Å². The minimum Gasteiger partial charge on any atom is -0.480 e. The average Bonchev–Trinajstić information content (AvgIpc) is 2.02. The highest BCUT2D eigenvalue weighted by Crippen LogP contribution is 1.70. The van der Waals surface area contributed by atoms with Gasteiger partial charge in [-0.3, -0.25) is 4.79 Å². The zero-order chi connectivity index (χ0) is 10.9. The summed E-state index contributed by atoms with van der Waals surface area (Å²) in [6, 6.07) is 0. The Morgan fingerprint density at radius 1 is 1.00 bits per heavy atom. The fourth-order valence-electron chi connectivity index (χ4n) is 0.143. The molecule has 0 amide bonds. The average molecular weight is 191 g/mol. The molecule has 0 spiro atoms. The molecule has 0 saturated carbocycles. The lowest BCUT2D eigenvalue weighted by atomic mass is 10.5. The normalized spacial score (nSPS) is 8.69. The third-order valence-corrected chi connectivity index (χ3v) is 0.543. The van der Waals surface area contributed by atoms with Gasteiger partial charge in [-0.2, -0.15) is 0 Å². The van der Waals surface area contributed by atoms with E-state index in [2.05, 4.69) is 5.73 Å². The maximum Gasteiger partial charge on any atom is 0.328 e. The van der Waals surface area contributed by atoms with Crippen molar-refractivity contribution in [1.29, 1.82) is 0 Å². The zero-order valence-corrected chi connectivity index (χ0v) is 6.51. The van der Waals surface area contributed by atoms with Crippen LogP contribution in [0.2, 0.25) is 0 Å². The predicted molar refractivity (Wildman–Crippen MR) is 41.1 cm³/mol. The van der Waals surface area contributed by atoms with Crippen molar-refractivity contribution in [2.24, 2.45) is 5.73 Å². The standard InChI is InChI=1S/C4H4O4.C2H5NO2/c5-3(6)1-2-4(7)8;3-1-2(4)5/h1-2H,(H,5,6)(H,7,8);1,3H2,(H,4,5). The summed E-state index contributed by atoms with van der Waals surface area (Å²) in [5.74, 6) is -3.48. The molecule has 7 nitrogen and oxygen atoms in total. The van der Waals surface area contributed by atoms with E-state index in [-0.39, 0.29) is 6.54 Å². The summed E-state index contributed by atoms with van der Waals surface area (Å²) in [7, 11) is 0. The van der Waals surface area contributed by atoms with Crippen LogP contribution >= 0.6 is 0 Å². The Balaban J connectivity index is 0. The smallest absolute Gasteiger partial charge is 0.328 e. The maximum absolute atomic E-state index is 9.55. The van der Waals surface area contributed by atoms with Crippen molar-refractivity contribution in [2.45, 2.75) is 0 Å². The van der Waals surface area contributed by atoms with Gasteiger partial charge in [-0.25, -0.2) is 9.59 Å².